The van der Waals surface area contributed by atoms with Crippen LogP contribution in [0.3, 0.4) is 0 Å². The molecule has 1 heterocycles. The summed E-state index contributed by atoms with van der Waals surface area (Å²) in [4.78, 5) is 38.4. The number of amides is 2. The number of anilines is 3. The molecule has 0 aliphatic carbocycles. The molecule has 0 bridgehead atoms. The van der Waals surface area contributed by atoms with E-state index < -0.39 is 10.8 Å². The van der Waals surface area contributed by atoms with E-state index in [9.17, 15) is 19.7 Å². The number of nitro groups is 1. The van der Waals surface area contributed by atoms with Crippen molar-refractivity contribution < 1.29 is 14.5 Å². The number of halogens is 1. The lowest BCUT2D eigenvalue weighted by Crippen LogP contribution is -2.33. The fraction of sp³-hybridized carbons (Fsp3) is 0.231. The van der Waals surface area contributed by atoms with E-state index in [1.54, 1.807) is 60.7 Å². The number of hydrogen-bond acceptors (Lipinski definition) is 5. The maximum absolute atomic E-state index is 12.8. The number of nitro benzene ring substituents is 1. The zero-order valence-corrected chi connectivity index (χ0v) is 19.9. The molecule has 180 valence electrons. The standard InChI is InChI=1S/C26H25ClN4O4/c1-17-11-13-30(14-12-17)23-10-5-19(16-24(23)31(34)35)26(33)29-22-8-6-21(7-9-22)28-25(32)18-3-2-4-20(27)15-18/h2-10,15-17H,11-14H2,1H3,(H,28,32)(H,29,33). The summed E-state index contributed by atoms with van der Waals surface area (Å²) in [5.74, 6) is -0.158. The highest BCUT2D eigenvalue weighted by Crippen LogP contribution is 2.32. The molecule has 1 saturated heterocycles. The molecule has 3 aromatic rings. The van der Waals surface area contributed by atoms with Crippen molar-refractivity contribution in [3.8, 4) is 0 Å². The molecule has 0 radical (unpaired) electrons. The van der Waals surface area contributed by atoms with E-state index in [4.69, 9.17) is 11.6 Å². The van der Waals surface area contributed by atoms with Gasteiger partial charge in [-0.1, -0.05) is 24.6 Å². The summed E-state index contributed by atoms with van der Waals surface area (Å²) < 4.78 is 0. The quantitative estimate of drug-likeness (QED) is 0.325. The van der Waals surface area contributed by atoms with Crippen LogP contribution in [-0.2, 0) is 0 Å². The molecule has 3 aromatic carbocycles. The van der Waals surface area contributed by atoms with E-state index in [1.807, 2.05) is 4.90 Å². The summed E-state index contributed by atoms with van der Waals surface area (Å²) in [6.07, 6.45) is 1.96. The van der Waals surface area contributed by atoms with E-state index in [0.29, 0.717) is 33.6 Å². The minimum atomic E-state index is -0.456. The molecule has 4 rings (SSSR count). The summed E-state index contributed by atoms with van der Waals surface area (Å²) in [6.45, 7) is 3.69. The number of nitrogens with one attached hydrogen (secondary N) is 2. The number of carbonyl (C=O) groups excluding carboxylic acids is 2. The number of nitrogens with zero attached hydrogens (tertiary/aromatic N) is 2. The summed E-state index contributed by atoms with van der Waals surface area (Å²) in [5, 5.41) is 17.7. The van der Waals surface area contributed by atoms with Gasteiger partial charge in [0.1, 0.15) is 5.69 Å². The highest BCUT2D eigenvalue weighted by molar-refractivity contribution is 6.31. The van der Waals surface area contributed by atoms with E-state index in [0.717, 1.165) is 25.9 Å². The van der Waals surface area contributed by atoms with E-state index in [-0.39, 0.29) is 17.2 Å². The van der Waals surface area contributed by atoms with Crippen LogP contribution in [0.2, 0.25) is 5.02 Å². The number of piperidine rings is 1. The van der Waals surface area contributed by atoms with Gasteiger partial charge in [0.15, 0.2) is 0 Å². The Labute approximate surface area is 208 Å². The Morgan fingerprint density at radius 2 is 1.49 bits per heavy atom. The smallest absolute Gasteiger partial charge is 0.293 e. The fourth-order valence-corrected chi connectivity index (χ4v) is 4.19. The summed E-state index contributed by atoms with van der Waals surface area (Å²) in [5.41, 5.74) is 2.13. The number of rotatable bonds is 6. The van der Waals surface area contributed by atoms with Gasteiger partial charge in [-0.15, -0.1) is 0 Å². The first kappa shape index (κ1) is 24.2. The third kappa shape index (κ3) is 5.96. The van der Waals surface area contributed by atoms with E-state index >= 15 is 0 Å². The SMILES string of the molecule is CC1CCN(c2ccc(C(=O)Nc3ccc(NC(=O)c4cccc(Cl)c4)cc3)cc2[N+](=O)[O-])CC1. The molecule has 1 aliphatic heterocycles. The Bertz CT molecular complexity index is 1250. The van der Waals surface area contributed by atoms with Crippen LogP contribution in [0.4, 0.5) is 22.7 Å². The van der Waals surface area contributed by atoms with Crippen molar-refractivity contribution in [1.29, 1.82) is 0 Å². The van der Waals surface area contributed by atoms with E-state index in [1.165, 1.54) is 6.07 Å². The zero-order valence-electron chi connectivity index (χ0n) is 19.2. The summed E-state index contributed by atoms with van der Waals surface area (Å²) >= 11 is 5.93. The van der Waals surface area contributed by atoms with Crippen molar-refractivity contribution in [2.45, 2.75) is 19.8 Å². The van der Waals surface area contributed by atoms with Gasteiger partial charge in [-0.2, -0.15) is 0 Å². The Hall–Kier alpha value is -3.91. The van der Waals surface area contributed by atoms with Gasteiger partial charge in [0.25, 0.3) is 17.5 Å². The van der Waals surface area contributed by atoms with Crippen LogP contribution >= 0.6 is 11.6 Å². The van der Waals surface area contributed by atoms with Crippen LogP contribution in [-0.4, -0.2) is 29.8 Å². The van der Waals surface area contributed by atoms with Crippen LogP contribution in [0.25, 0.3) is 0 Å². The molecule has 0 atom stereocenters. The van der Waals surface area contributed by atoms with Crippen molar-refractivity contribution in [2.75, 3.05) is 28.6 Å². The normalized spacial score (nSPS) is 13.8. The highest BCUT2D eigenvalue weighted by atomic mass is 35.5. The third-order valence-electron chi connectivity index (χ3n) is 6.05. The first-order valence-electron chi connectivity index (χ1n) is 11.3. The molecule has 0 spiro atoms. The molecule has 0 unspecified atom stereocenters. The molecule has 0 saturated carbocycles. The molecule has 2 amide bonds. The molecule has 1 aliphatic rings. The van der Waals surface area contributed by atoms with Gasteiger partial charge in [0.2, 0.25) is 0 Å². The number of carbonyl (C=O) groups is 2. The van der Waals surface area contributed by atoms with Gasteiger partial charge < -0.3 is 15.5 Å². The van der Waals surface area contributed by atoms with Crippen molar-refractivity contribution in [3.05, 3.63) is 93.0 Å². The van der Waals surface area contributed by atoms with Crippen molar-refractivity contribution in [3.63, 3.8) is 0 Å². The van der Waals surface area contributed by atoms with Gasteiger partial charge in [-0.3, -0.25) is 19.7 Å². The maximum Gasteiger partial charge on any atom is 0.293 e. The zero-order chi connectivity index (χ0) is 24.9. The Morgan fingerprint density at radius 3 is 2.03 bits per heavy atom. The molecule has 9 heteroatoms. The molecule has 35 heavy (non-hydrogen) atoms. The largest absolute Gasteiger partial charge is 0.366 e. The Balaban J connectivity index is 1.43. The van der Waals surface area contributed by atoms with Crippen molar-refractivity contribution in [2.24, 2.45) is 5.92 Å². The first-order valence-corrected chi connectivity index (χ1v) is 11.7. The van der Waals surface area contributed by atoms with Crippen LogP contribution in [0.1, 0.15) is 40.5 Å². The average Bonchev–Trinajstić information content (AvgIpc) is 2.85. The second-order valence-corrected chi connectivity index (χ2v) is 9.06. The predicted octanol–water partition coefficient (Wildman–Crippen LogP) is 5.99. The van der Waals surface area contributed by atoms with Crippen LogP contribution in [0.5, 0.6) is 0 Å². The van der Waals surface area contributed by atoms with Gasteiger partial charge in [0.05, 0.1) is 4.92 Å². The molecular formula is C26H25ClN4O4. The monoisotopic (exact) mass is 492 g/mol. The minimum absolute atomic E-state index is 0.0775. The lowest BCUT2D eigenvalue weighted by Gasteiger charge is -2.31. The van der Waals surface area contributed by atoms with Gasteiger partial charge in [-0.25, -0.2) is 0 Å². The molecule has 2 N–H and O–H groups in total. The topological polar surface area (TPSA) is 105 Å². The van der Waals surface area contributed by atoms with Gasteiger partial charge >= 0.3 is 0 Å². The number of hydrogen-bond donors (Lipinski definition) is 2. The van der Waals surface area contributed by atoms with Crippen LogP contribution in [0.15, 0.2) is 66.7 Å². The molecule has 8 nitrogen and oxygen atoms in total. The van der Waals surface area contributed by atoms with Crippen molar-refractivity contribution in [1.82, 2.24) is 0 Å². The van der Waals surface area contributed by atoms with Gasteiger partial charge in [0, 0.05) is 46.7 Å². The second kappa shape index (κ2) is 10.6. The van der Waals surface area contributed by atoms with Crippen molar-refractivity contribution >= 4 is 46.2 Å². The highest BCUT2D eigenvalue weighted by Gasteiger charge is 2.24. The predicted molar refractivity (Wildman–Crippen MR) is 138 cm³/mol. The average molecular weight is 493 g/mol. The first-order chi connectivity index (χ1) is 16.8. The second-order valence-electron chi connectivity index (χ2n) is 8.63. The Morgan fingerprint density at radius 1 is 0.914 bits per heavy atom. The minimum Gasteiger partial charge on any atom is -0.366 e. The maximum atomic E-state index is 12.8. The summed E-state index contributed by atoms with van der Waals surface area (Å²) in [7, 11) is 0. The van der Waals surface area contributed by atoms with Crippen LogP contribution < -0.4 is 15.5 Å². The number of benzene rings is 3. The summed E-state index contributed by atoms with van der Waals surface area (Å²) in [6, 6.07) is 17.8. The fourth-order valence-electron chi connectivity index (χ4n) is 4.00. The molecular weight excluding hydrogens is 468 g/mol. The van der Waals surface area contributed by atoms with Crippen LogP contribution in [0, 0.1) is 16.0 Å². The lowest BCUT2D eigenvalue weighted by atomic mass is 9.98. The third-order valence-corrected chi connectivity index (χ3v) is 6.28. The Kier molecular flexibility index (Phi) is 7.31. The lowest BCUT2D eigenvalue weighted by molar-refractivity contribution is -0.384. The van der Waals surface area contributed by atoms with E-state index in [2.05, 4.69) is 17.6 Å². The molecule has 0 aromatic heterocycles. The molecule has 1 fully saturated rings. The van der Waals surface area contributed by atoms with Gasteiger partial charge in [-0.05, 0) is 73.4 Å².